The van der Waals surface area contributed by atoms with E-state index in [4.69, 9.17) is 9.47 Å². The van der Waals surface area contributed by atoms with E-state index in [-0.39, 0.29) is 23.3 Å². The molecule has 3 aromatic rings. The number of amides is 1. The number of benzene rings is 2. The van der Waals surface area contributed by atoms with Crippen molar-refractivity contribution in [2.24, 2.45) is 0 Å². The lowest BCUT2D eigenvalue weighted by Crippen LogP contribution is -2.29. The number of anilines is 4. The zero-order valence-electron chi connectivity index (χ0n) is 21.7. The third-order valence-corrected chi connectivity index (χ3v) is 5.54. The quantitative estimate of drug-likeness (QED) is 0.282. The number of nitrogens with zero attached hydrogens (tertiary/aromatic N) is 4. The number of methoxy groups -OCH3 is 2. The summed E-state index contributed by atoms with van der Waals surface area (Å²) in [4.78, 5) is 37.9. The van der Waals surface area contributed by atoms with Crippen LogP contribution in [-0.2, 0) is 4.79 Å². The molecule has 0 atom stereocenters. The Morgan fingerprint density at radius 1 is 1.00 bits per heavy atom. The molecule has 0 fully saturated rings. The van der Waals surface area contributed by atoms with Gasteiger partial charge in [-0.25, -0.2) is 9.97 Å². The molecule has 37 heavy (non-hydrogen) atoms. The van der Waals surface area contributed by atoms with Crippen LogP contribution in [0.5, 0.6) is 11.5 Å². The van der Waals surface area contributed by atoms with Crippen molar-refractivity contribution in [3.8, 4) is 11.5 Å². The minimum atomic E-state index is -0.346. The molecule has 0 bridgehead atoms. The molecule has 0 unspecified atom stereocenters. The fourth-order valence-corrected chi connectivity index (χ4v) is 3.46. The Balaban J connectivity index is 1.93. The van der Waals surface area contributed by atoms with E-state index in [1.807, 2.05) is 32.1 Å². The molecule has 0 radical (unpaired) electrons. The molecule has 0 aliphatic heterocycles. The van der Waals surface area contributed by atoms with Gasteiger partial charge in [-0.3, -0.25) is 9.59 Å². The Hall–Kier alpha value is -4.44. The first-order valence-corrected chi connectivity index (χ1v) is 11.6. The summed E-state index contributed by atoms with van der Waals surface area (Å²) >= 11 is 0. The number of aromatic nitrogens is 2. The molecule has 1 heterocycles. The minimum Gasteiger partial charge on any atom is -0.497 e. The first kappa shape index (κ1) is 27.2. The highest BCUT2D eigenvalue weighted by Crippen LogP contribution is 2.37. The maximum atomic E-state index is 13.0. The van der Waals surface area contributed by atoms with Gasteiger partial charge < -0.3 is 29.9 Å². The van der Waals surface area contributed by atoms with Crippen LogP contribution >= 0.6 is 0 Å². The summed E-state index contributed by atoms with van der Waals surface area (Å²) in [5, 5.41) is 5.97. The van der Waals surface area contributed by atoms with E-state index in [0.717, 1.165) is 18.8 Å². The molecule has 0 spiro atoms. The van der Waals surface area contributed by atoms with E-state index < -0.39 is 0 Å². The molecule has 10 nitrogen and oxygen atoms in total. The number of likely N-dealkylation sites (N-methyl/N-ethyl adjacent to an activating group) is 2. The van der Waals surface area contributed by atoms with Gasteiger partial charge >= 0.3 is 0 Å². The second-order valence-electron chi connectivity index (χ2n) is 8.44. The van der Waals surface area contributed by atoms with E-state index >= 15 is 0 Å². The van der Waals surface area contributed by atoms with Gasteiger partial charge in [0.2, 0.25) is 17.6 Å². The SMILES string of the molecule is C=CC(=O)Nc1cc(Nc2nccc(C(=O)c3ccc(OC)cc3)n2)c(OC)cc1N(C)CCN(C)C. The van der Waals surface area contributed by atoms with Crippen molar-refractivity contribution < 1.29 is 19.1 Å². The smallest absolute Gasteiger partial charge is 0.247 e. The average molecular weight is 505 g/mol. The number of ketones is 1. The highest BCUT2D eigenvalue weighted by molar-refractivity contribution is 6.08. The topological polar surface area (TPSA) is 109 Å². The van der Waals surface area contributed by atoms with Crippen molar-refractivity contribution in [2.45, 2.75) is 0 Å². The summed E-state index contributed by atoms with van der Waals surface area (Å²) in [6.07, 6.45) is 2.71. The fourth-order valence-electron chi connectivity index (χ4n) is 3.46. The zero-order chi connectivity index (χ0) is 26.9. The van der Waals surface area contributed by atoms with Gasteiger partial charge in [-0.1, -0.05) is 6.58 Å². The van der Waals surface area contributed by atoms with Crippen LogP contribution in [0.15, 0.2) is 61.3 Å². The van der Waals surface area contributed by atoms with Gasteiger partial charge in [-0.2, -0.15) is 0 Å². The van der Waals surface area contributed by atoms with Crippen LogP contribution in [0.25, 0.3) is 0 Å². The predicted octanol–water partition coefficient (Wildman–Crippen LogP) is 3.59. The van der Waals surface area contributed by atoms with Gasteiger partial charge in [0.25, 0.3) is 0 Å². The summed E-state index contributed by atoms with van der Waals surface area (Å²) in [7, 11) is 9.05. The predicted molar refractivity (Wildman–Crippen MR) is 145 cm³/mol. The van der Waals surface area contributed by atoms with Crippen LogP contribution in [0.1, 0.15) is 16.1 Å². The van der Waals surface area contributed by atoms with Crippen molar-refractivity contribution in [3.05, 3.63) is 72.6 Å². The summed E-state index contributed by atoms with van der Waals surface area (Å²) in [6.45, 7) is 5.08. The van der Waals surface area contributed by atoms with Crippen molar-refractivity contribution >= 4 is 34.7 Å². The summed E-state index contributed by atoms with van der Waals surface area (Å²) < 4.78 is 10.8. The van der Waals surface area contributed by atoms with Gasteiger partial charge in [0.15, 0.2) is 0 Å². The van der Waals surface area contributed by atoms with Gasteiger partial charge in [0.1, 0.15) is 17.2 Å². The Morgan fingerprint density at radius 3 is 2.35 bits per heavy atom. The lowest BCUT2D eigenvalue weighted by Gasteiger charge is -2.26. The molecule has 2 N–H and O–H groups in total. The normalized spacial score (nSPS) is 10.5. The van der Waals surface area contributed by atoms with E-state index in [1.165, 1.54) is 12.3 Å². The van der Waals surface area contributed by atoms with Crippen molar-refractivity contribution in [1.82, 2.24) is 14.9 Å². The number of rotatable bonds is 12. The number of carbonyl (C=O) groups is 2. The van der Waals surface area contributed by atoms with E-state index in [1.54, 1.807) is 50.6 Å². The molecule has 0 saturated heterocycles. The third-order valence-electron chi connectivity index (χ3n) is 5.54. The molecule has 0 aliphatic rings. The largest absolute Gasteiger partial charge is 0.497 e. The molecule has 1 amide bonds. The third kappa shape index (κ3) is 7.05. The number of nitrogens with one attached hydrogen (secondary N) is 2. The van der Waals surface area contributed by atoms with Crippen LogP contribution in [0, 0.1) is 0 Å². The number of carbonyl (C=O) groups excluding carboxylic acids is 2. The number of hydrogen-bond acceptors (Lipinski definition) is 9. The molecular formula is C27H32N6O4. The first-order chi connectivity index (χ1) is 17.7. The Morgan fingerprint density at radius 2 is 1.73 bits per heavy atom. The van der Waals surface area contributed by atoms with Crippen molar-refractivity contribution in [3.63, 3.8) is 0 Å². The highest BCUT2D eigenvalue weighted by atomic mass is 16.5. The molecular weight excluding hydrogens is 472 g/mol. The van der Waals surface area contributed by atoms with Gasteiger partial charge in [-0.05, 0) is 56.6 Å². The second-order valence-corrected chi connectivity index (χ2v) is 8.44. The Labute approximate surface area is 216 Å². The van der Waals surface area contributed by atoms with E-state index in [9.17, 15) is 9.59 Å². The molecule has 194 valence electrons. The molecule has 10 heteroatoms. The fraction of sp³-hybridized carbons (Fsp3) is 0.259. The standard InChI is InChI=1S/C27H32N6O4/c1-7-25(34)29-21-16-22(24(37-6)17-23(21)33(4)15-14-32(2)3)31-27-28-13-12-20(30-27)26(35)18-8-10-19(36-5)11-9-18/h7-13,16-17H,1,14-15H2,2-6H3,(H,29,34)(H,28,30,31). The van der Waals surface area contributed by atoms with Crippen molar-refractivity contribution in [1.29, 1.82) is 0 Å². The minimum absolute atomic E-state index is 0.201. The lowest BCUT2D eigenvalue weighted by atomic mass is 10.1. The molecule has 0 saturated carbocycles. The Kier molecular flexibility index (Phi) is 9.17. The Bertz CT molecular complexity index is 1260. The maximum absolute atomic E-state index is 13.0. The molecule has 1 aromatic heterocycles. The van der Waals surface area contributed by atoms with Crippen LogP contribution in [0.2, 0.25) is 0 Å². The van der Waals surface area contributed by atoms with Gasteiger partial charge in [-0.15, -0.1) is 0 Å². The van der Waals surface area contributed by atoms with Crippen LogP contribution in [-0.4, -0.2) is 75.0 Å². The second kappa shape index (κ2) is 12.5. The molecule has 2 aromatic carbocycles. The van der Waals surface area contributed by atoms with Crippen LogP contribution < -0.4 is 25.0 Å². The van der Waals surface area contributed by atoms with E-state index in [0.29, 0.717) is 28.4 Å². The lowest BCUT2D eigenvalue weighted by molar-refractivity contribution is -0.111. The van der Waals surface area contributed by atoms with Crippen molar-refractivity contribution in [2.75, 3.05) is 64.0 Å². The van der Waals surface area contributed by atoms with Crippen LogP contribution in [0.3, 0.4) is 0 Å². The summed E-state index contributed by atoms with van der Waals surface area (Å²) in [5.41, 5.74) is 2.54. The van der Waals surface area contributed by atoms with E-state index in [2.05, 4.69) is 32.1 Å². The average Bonchev–Trinajstić information content (AvgIpc) is 2.91. The zero-order valence-corrected chi connectivity index (χ0v) is 21.7. The molecule has 3 rings (SSSR count). The number of ether oxygens (including phenoxy) is 2. The van der Waals surface area contributed by atoms with Gasteiger partial charge in [0, 0.05) is 38.0 Å². The number of hydrogen-bond donors (Lipinski definition) is 2. The highest BCUT2D eigenvalue weighted by Gasteiger charge is 2.17. The monoisotopic (exact) mass is 504 g/mol. The van der Waals surface area contributed by atoms with Crippen LogP contribution in [0.4, 0.5) is 23.0 Å². The first-order valence-electron chi connectivity index (χ1n) is 11.6. The summed E-state index contributed by atoms with van der Waals surface area (Å²) in [6, 6.07) is 11.9. The van der Waals surface area contributed by atoms with Gasteiger partial charge in [0.05, 0.1) is 31.3 Å². The summed E-state index contributed by atoms with van der Waals surface area (Å²) in [5.74, 6) is 0.772. The maximum Gasteiger partial charge on any atom is 0.247 e. The molecule has 0 aliphatic carbocycles.